The van der Waals surface area contributed by atoms with E-state index in [1.54, 1.807) is 19.0 Å². The molecule has 0 aromatic heterocycles. The van der Waals surface area contributed by atoms with Crippen LogP contribution in [0.1, 0.15) is 74.8 Å². The zero-order chi connectivity index (χ0) is 27.7. The number of amides is 2. The van der Waals surface area contributed by atoms with E-state index in [-0.39, 0.29) is 17.7 Å². The molecule has 0 radical (unpaired) electrons. The number of benzene rings is 1. The fourth-order valence-corrected chi connectivity index (χ4v) is 2.83. The first-order valence-corrected chi connectivity index (χ1v) is 11.9. The van der Waals surface area contributed by atoms with E-state index in [0.29, 0.717) is 13.1 Å². The van der Waals surface area contributed by atoms with Gasteiger partial charge >= 0.3 is 12.2 Å². The van der Waals surface area contributed by atoms with E-state index in [4.69, 9.17) is 15.2 Å². The summed E-state index contributed by atoms with van der Waals surface area (Å²) in [6, 6.07) is 9.91. The highest BCUT2D eigenvalue weighted by Crippen LogP contribution is 2.15. The molecular formula is C27H48N4O4. The average Bonchev–Trinajstić information content (AvgIpc) is 2.63. The molecule has 1 rings (SSSR count). The zero-order valence-corrected chi connectivity index (χ0v) is 23.9. The van der Waals surface area contributed by atoms with E-state index in [1.165, 1.54) is 4.90 Å². The molecule has 2 amide bonds. The lowest BCUT2D eigenvalue weighted by Crippen LogP contribution is -2.47. The number of aliphatic imine (C=N–C) groups is 1. The Balaban J connectivity index is 0.000000720. The Morgan fingerprint density at radius 1 is 0.800 bits per heavy atom. The maximum atomic E-state index is 12.0. The minimum Gasteiger partial charge on any atom is -0.444 e. The van der Waals surface area contributed by atoms with Crippen LogP contribution in [0.4, 0.5) is 9.59 Å². The summed E-state index contributed by atoms with van der Waals surface area (Å²) >= 11 is 0. The lowest BCUT2D eigenvalue weighted by molar-refractivity contribution is 0.0262. The van der Waals surface area contributed by atoms with Crippen LogP contribution >= 0.6 is 0 Å². The van der Waals surface area contributed by atoms with Crippen LogP contribution in [0.2, 0.25) is 0 Å². The molecule has 200 valence electrons. The van der Waals surface area contributed by atoms with Crippen LogP contribution in [0.5, 0.6) is 0 Å². The number of rotatable bonds is 6. The van der Waals surface area contributed by atoms with Crippen molar-refractivity contribution in [3.05, 3.63) is 35.9 Å². The second kappa shape index (κ2) is 12.9. The zero-order valence-electron chi connectivity index (χ0n) is 23.9. The van der Waals surface area contributed by atoms with Crippen LogP contribution in [0, 0.1) is 0 Å². The van der Waals surface area contributed by atoms with Gasteiger partial charge in [0.15, 0.2) is 0 Å². The number of carbonyl (C=O) groups is 2. The number of likely N-dealkylation sites (N-methyl/N-ethyl adjacent to an activating group) is 2. The first kappa shape index (κ1) is 32.4. The summed E-state index contributed by atoms with van der Waals surface area (Å²) in [5.41, 5.74) is 5.13. The third kappa shape index (κ3) is 17.5. The molecule has 0 atom stereocenters. The Bertz CT molecular complexity index is 816. The van der Waals surface area contributed by atoms with Crippen LogP contribution in [0.3, 0.4) is 0 Å². The molecule has 35 heavy (non-hydrogen) atoms. The molecule has 1 aromatic rings. The molecule has 0 saturated carbocycles. The summed E-state index contributed by atoms with van der Waals surface area (Å²) in [4.78, 5) is 31.1. The van der Waals surface area contributed by atoms with Crippen molar-refractivity contribution >= 4 is 18.4 Å². The van der Waals surface area contributed by atoms with Gasteiger partial charge in [-0.2, -0.15) is 0 Å². The lowest BCUT2D eigenvalue weighted by atomic mass is 10.1. The fraction of sp³-hybridized carbons (Fsp3) is 0.667. The number of ether oxygens (including phenoxy) is 2. The van der Waals surface area contributed by atoms with E-state index in [2.05, 4.69) is 4.99 Å². The highest BCUT2D eigenvalue weighted by molar-refractivity contribution is 5.79. The molecule has 0 spiro atoms. The molecule has 0 aliphatic carbocycles. The molecular weight excluding hydrogens is 444 g/mol. The average molecular weight is 493 g/mol. The quantitative estimate of drug-likeness (QED) is 0.541. The molecule has 0 saturated heterocycles. The third-order valence-corrected chi connectivity index (χ3v) is 4.04. The molecule has 1 aromatic carbocycles. The standard InChI is InChI=1S/C17H26N2O2.C10H22N2O2/c1-16(2,3)21-15(20)19(6)13-17(4,5)18-12-14-10-8-7-9-11-14;1-9(2,3)14-8(13)12(6)7-10(4,5)11/h7-12H,13H2,1-6H3;7,11H2,1-6H3. The van der Waals surface area contributed by atoms with Crippen molar-refractivity contribution in [2.75, 3.05) is 27.2 Å². The number of hydrogen-bond donors (Lipinski definition) is 1. The van der Waals surface area contributed by atoms with Crippen molar-refractivity contribution in [2.24, 2.45) is 10.7 Å². The van der Waals surface area contributed by atoms with E-state index in [0.717, 1.165) is 5.56 Å². The van der Waals surface area contributed by atoms with Gasteiger partial charge in [0.25, 0.3) is 0 Å². The Labute approximate surface area is 212 Å². The van der Waals surface area contributed by atoms with Gasteiger partial charge in [0, 0.05) is 38.9 Å². The Kier molecular flexibility index (Phi) is 11.9. The van der Waals surface area contributed by atoms with Gasteiger partial charge in [-0.05, 0) is 74.8 Å². The van der Waals surface area contributed by atoms with Gasteiger partial charge < -0.3 is 25.0 Å². The molecule has 8 nitrogen and oxygen atoms in total. The van der Waals surface area contributed by atoms with Crippen molar-refractivity contribution in [1.29, 1.82) is 0 Å². The van der Waals surface area contributed by atoms with E-state index in [1.807, 2.05) is 106 Å². The monoisotopic (exact) mass is 492 g/mol. The molecule has 8 heteroatoms. The Hall–Kier alpha value is -2.61. The maximum Gasteiger partial charge on any atom is 0.410 e. The highest BCUT2D eigenvalue weighted by atomic mass is 16.6. The van der Waals surface area contributed by atoms with E-state index in [9.17, 15) is 9.59 Å². The van der Waals surface area contributed by atoms with Gasteiger partial charge in [0.2, 0.25) is 0 Å². The third-order valence-electron chi connectivity index (χ3n) is 4.04. The van der Waals surface area contributed by atoms with Crippen molar-refractivity contribution < 1.29 is 19.1 Å². The summed E-state index contributed by atoms with van der Waals surface area (Å²) in [6.45, 7) is 19.8. The number of hydrogen-bond acceptors (Lipinski definition) is 6. The SMILES string of the molecule is CN(CC(C)(C)N)C(=O)OC(C)(C)C.CN(CC(C)(C)N=Cc1ccccc1)C(=O)OC(C)(C)C. The number of nitrogens with zero attached hydrogens (tertiary/aromatic N) is 3. The second-order valence-corrected chi connectivity index (χ2v) is 12.1. The van der Waals surface area contributed by atoms with Crippen molar-refractivity contribution in [2.45, 2.75) is 91.5 Å². The highest BCUT2D eigenvalue weighted by Gasteiger charge is 2.25. The van der Waals surface area contributed by atoms with Crippen molar-refractivity contribution in [1.82, 2.24) is 9.80 Å². The summed E-state index contributed by atoms with van der Waals surface area (Å²) in [7, 11) is 3.41. The minimum atomic E-state index is -0.483. The summed E-state index contributed by atoms with van der Waals surface area (Å²) in [5, 5.41) is 0. The maximum absolute atomic E-state index is 12.0. The predicted octanol–water partition coefficient (Wildman–Crippen LogP) is 5.34. The second-order valence-electron chi connectivity index (χ2n) is 12.1. The molecule has 0 aliphatic rings. The smallest absolute Gasteiger partial charge is 0.410 e. The number of carbonyl (C=O) groups excluding carboxylic acids is 2. The molecule has 0 bridgehead atoms. The summed E-state index contributed by atoms with van der Waals surface area (Å²) in [5.74, 6) is 0. The normalized spacial score (nSPS) is 12.5. The first-order chi connectivity index (χ1) is 15.6. The van der Waals surface area contributed by atoms with Gasteiger partial charge in [-0.25, -0.2) is 9.59 Å². The van der Waals surface area contributed by atoms with Crippen LogP contribution < -0.4 is 5.73 Å². The van der Waals surface area contributed by atoms with Gasteiger partial charge in [0.1, 0.15) is 11.2 Å². The minimum absolute atomic E-state index is 0.328. The van der Waals surface area contributed by atoms with Gasteiger partial charge in [-0.15, -0.1) is 0 Å². The first-order valence-electron chi connectivity index (χ1n) is 11.9. The number of nitrogens with two attached hydrogens (primary N) is 1. The molecule has 0 fully saturated rings. The molecule has 2 N–H and O–H groups in total. The van der Waals surface area contributed by atoms with Gasteiger partial charge in [-0.3, -0.25) is 4.99 Å². The lowest BCUT2D eigenvalue weighted by Gasteiger charge is -2.29. The van der Waals surface area contributed by atoms with Crippen LogP contribution in [-0.4, -0.2) is 77.7 Å². The Morgan fingerprint density at radius 2 is 1.20 bits per heavy atom. The van der Waals surface area contributed by atoms with Crippen molar-refractivity contribution in [3.8, 4) is 0 Å². The van der Waals surface area contributed by atoms with Gasteiger partial charge in [0.05, 0.1) is 5.54 Å². The molecule has 0 unspecified atom stereocenters. The fourth-order valence-electron chi connectivity index (χ4n) is 2.83. The predicted molar refractivity (Wildman–Crippen MR) is 144 cm³/mol. The van der Waals surface area contributed by atoms with Crippen LogP contribution in [0.25, 0.3) is 0 Å². The molecule has 0 aliphatic heterocycles. The van der Waals surface area contributed by atoms with Gasteiger partial charge in [-0.1, -0.05) is 30.3 Å². The summed E-state index contributed by atoms with van der Waals surface area (Å²) < 4.78 is 10.5. The van der Waals surface area contributed by atoms with Crippen LogP contribution in [0.15, 0.2) is 35.3 Å². The topological polar surface area (TPSA) is 97.5 Å². The molecule has 0 heterocycles. The van der Waals surface area contributed by atoms with Crippen molar-refractivity contribution in [3.63, 3.8) is 0 Å². The Morgan fingerprint density at radius 3 is 1.57 bits per heavy atom. The largest absolute Gasteiger partial charge is 0.444 e. The van der Waals surface area contributed by atoms with Crippen LogP contribution in [-0.2, 0) is 9.47 Å². The summed E-state index contributed by atoms with van der Waals surface area (Å²) in [6.07, 6.45) is 1.17. The van der Waals surface area contributed by atoms with E-state index < -0.39 is 16.7 Å². The van der Waals surface area contributed by atoms with E-state index >= 15 is 0 Å².